The van der Waals surface area contributed by atoms with Gasteiger partial charge < -0.3 is 15.1 Å². The molecule has 0 spiro atoms. The molecule has 0 aliphatic carbocycles. The summed E-state index contributed by atoms with van der Waals surface area (Å²) in [6, 6.07) is 25.8. The number of nitrogens with zero attached hydrogens (tertiary/aromatic N) is 7. The molecule has 17 heteroatoms. The second-order valence-electron chi connectivity index (χ2n) is 13.9. The Labute approximate surface area is 345 Å². The molecule has 6 aromatic rings. The summed E-state index contributed by atoms with van der Waals surface area (Å²) in [4.78, 5) is 31.3. The first-order valence-electron chi connectivity index (χ1n) is 18.3. The van der Waals surface area contributed by atoms with E-state index in [4.69, 9.17) is 11.6 Å². The summed E-state index contributed by atoms with van der Waals surface area (Å²) < 4.78 is 30.9. The SMILES string of the molecule is CN(C)CC[C@H](CSc1nccs1)Nc1ccc(S(=O)(=O)Nc2ncnc3cc(N4CCN(Cc5ccccc5-c5ccc(Cl)cc5)CC4)ccc23)cc1[N+](=O)[O-]. The number of aromatic nitrogens is 3. The lowest BCUT2D eigenvalue weighted by Gasteiger charge is -2.36. The molecule has 4 aromatic carbocycles. The third-order valence-electron chi connectivity index (χ3n) is 9.73. The Kier molecular flexibility index (Phi) is 12.9. The van der Waals surface area contributed by atoms with Crippen LogP contribution in [0, 0.1) is 10.1 Å². The summed E-state index contributed by atoms with van der Waals surface area (Å²) in [5, 5.41) is 18.7. The number of hydrogen-bond donors (Lipinski definition) is 2. The molecule has 1 saturated heterocycles. The molecule has 3 heterocycles. The van der Waals surface area contributed by atoms with Crippen LogP contribution in [0.15, 0.2) is 112 Å². The van der Waals surface area contributed by atoms with E-state index in [1.807, 2.05) is 54.7 Å². The molecule has 57 heavy (non-hydrogen) atoms. The van der Waals surface area contributed by atoms with Crippen LogP contribution in [0.5, 0.6) is 0 Å². The van der Waals surface area contributed by atoms with Crippen molar-refractivity contribution in [1.29, 1.82) is 0 Å². The normalized spacial score (nSPS) is 14.2. The Hall–Kier alpha value is -4.84. The average molecular weight is 844 g/mol. The van der Waals surface area contributed by atoms with Crippen LogP contribution >= 0.6 is 34.7 Å². The van der Waals surface area contributed by atoms with E-state index >= 15 is 0 Å². The monoisotopic (exact) mass is 843 g/mol. The number of nitro benzene ring substituents is 1. The van der Waals surface area contributed by atoms with Crippen molar-refractivity contribution in [3.8, 4) is 11.1 Å². The number of piperazine rings is 1. The largest absolute Gasteiger partial charge is 0.376 e. The number of halogens is 1. The summed E-state index contributed by atoms with van der Waals surface area (Å²) in [5.41, 5.74) is 5.05. The van der Waals surface area contributed by atoms with E-state index in [2.05, 4.69) is 71.2 Å². The number of nitrogens with one attached hydrogen (secondary N) is 2. The second-order valence-corrected chi connectivity index (χ2v) is 18.2. The van der Waals surface area contributed by atoms with Crippen LogP contribution < -0.4 is 14.9 Å². The second kappa shape index (κ2) is 18.2. The van der Waals surface area contributed by atoms with Crippen molar-refractivity contribution in [2.45, 2.75) is 28.2 Å². The quantitative estimate of drug-likeness (QED) is 0.0553. The van der Waals surface area contributed by atoms with Crippen LogP contribution in [-0.2, 0) is 16.6 Å². The molecule has 2 aromatic heterocycles. The lowest BCUT2D eigenvalue weighted by Crippen LogP contribution is -2.46. The highest BCUT2D eigenvalue weighted by Gasteiger charge is 2.25. The Morgan fingerprint density at radius 3 is 2.51 bits per heavy atom. The molecular formula is C40H42ClN9O4S3. The number of benzene rings is 4. The van der Waals surface area contributed by atoms with Gasteiger partial charge in [0, 0.05) is 78.3 Å². The zero-order valence-electron chi connectivity index (χ0n) is 31.4. The highest BCUT2D eigenvalue weighted by atomic mass is 35.5. The minimum absolute atomic E-state index is 0.0866. The van der Waals surface area contributed by atoms with E-state index in [0.717, 1.165) is 60.9 Å². The predicted octanol–water partition coefficient (Wildman–Crippen LogP) is 7.96. The molecule has 1 aliphatic heterocycles. The minimum Gasteiger partial charge on any atom is -0.376 e. The van der Waals surface area contributed by atoms with Gasteiger partial charge in [-0.15, -0.1) is 11.3 Å². The number of hydrogen-bond acceptors (Lipinski definition) is 13. The van der Waals surface area contributed by atoms with E-state index in [9.17, 15) is 18.5 Å². The molecule has 7 rings (SSSR count). The standard InChI is InChI=1S/C40H42ClN9O4S3/c1-47(2)17-15-31(26-56-40-42-16-22-55-40)45-36-14-12-33(24-38(36)50(51)52)57(53,54)46-39-35-13-11-32(23-37(35)43-27-44-39)49-20-18-48(19-21-49)25-29-5-3-4-6-34(29)28-7-9-30(41)10-8-28/h3-14,16,22-24,27,31,45H,15,17-21,25-26H2,1-2H3,(H,43,44,46)/t31-/m1/s1. The van der Waals surface area contributed by atoms with Crippen molar-refractivity contribution in [3.05, 3.63) is 124 Å². The maximum Gasteiger partial charge on any atom is 0.293 e. The van der Waals surface area contributed by atoms with Gasteiger partial charge in [0.2, 0.25) is 0 Å². The predicted molar refractivity (Wildman–Crippen MR) is 231 cm³/mol. The van der Waals surface area contributed by atoms with Crippen molar-refractivity contribution >= 4 is 78.5 Å². The Morgan fingerprint density at radius 1 is 0.982 bits per heavy atom. The lowest BCUT2D eigenvalue weighted by molar-refractivity contribution is -0.384. The van der Waals surface area contributed by atoms with Crippen molar-refractivity contribution < 1.29 is 13.3 Å². The highest BCUT2D eigenvalue weighted by Crippen LogP contribution is 2.33. The molecule has 0 bridgehead atoms. The fourth-order valence-corrected chi connectivity index (χ4v) is 9.63. The third kappa shape index (κ3) is 10.2. The fourth-order valence-electron chi connectivity index (χ4n) is 6.72. The average Bonchev–Trinajstić information content (AvgIpc) is 3.73. The van der Waals surface area contributed by atoms with Gasteiger partial charge in [-0.05, 0) is 86.2 Å². The first-order valence-corrected chi connectivity index (χ1v) is 22.1. The van der Waals surface area contributed by atoms with Gasteiger partial charge in [0.15, 0.2) is 5.82 Å². The molecule has 0 saturated carbocycles. The fraction of sp³-hybridized carbons (Fsp3) is 0.275. The van der Waals surface area contributed by atoms with Crippen molar-refractivity contribution in [2.75, 3.05) is 67.5 Å². The van der Waals surface area contributed by atoms with Gasteiger partial charge >= 0.3 is 0 Å². The summed E-state index contributed by atoms with van der Waals surface area (Å²) >= 11 is 9.24. The van der Waals surface area contributed by atoms with Crippen LogP contribution in [0.25, 0.3) is 22.0 Å². The number of thiazole rings is 1. The molecule has 1 aliphatic rings. The van der Waals surface area contributed by atoms with Gasteiger partial charge in [-0.1, -0.05) is 59.8 Å². The van der Waals surface area contributed by atoms with Crippen LogP contribution in [0.3, 0.4) is 0 Å². The van der Waals surface area contributed by atoms with Gasteiger partial charge in [-0.25, -0.2) is 23.4 Å². The molecule has 2 N–H and O–H groups in total. The molecule has 13 nitrogen and oxygen atoms in total. The van der Waals surface area contributed by atoms with E-state index in [-0.39, 0.29) is 28.1 Å². The van der Waals surface area contributed by atoms with Crippen molar-refractivity contribution in [1.82, 2.24) is 24.8 Å². The van der Waals surface area contributed by atoms with Gasteiger partial charge in [-0.3, -0.25) is 19.7 Å². The topological polar surface area (TPSA) is 150 Å². The number of rotatable bonds is 16. The highest BCUT2D eigenvalue weighted by molar-refractivity contribution is 8.01. The zero-order valence-corrected chi connectivity index (χ0v) is 34.6. The summed E-state index contributed by atoms with van der Waals surface area (Å²) in [5.74, 6) is 0.711. The van der Waals surface area contributed by atoms with Crippen LogP contribution in [-0.4, -0.2) is 96.7 Å². The molecular weight excluding hydrogens is 802 g/mol. The number of fused-ring (bicyclic) bond motifs is 1. The first-order chi connectivity index (χ1) is 27.5. The molecule has 0 amide bonds. The van der Waals surface area contributed by atoms with Crippen molar-refractivity contribution in [3.63, 3.8) is 0 Å². The van der Waals surface area contributed by atoms with E-state index in [1.165, 1.54) is 40.9 Å². The van der Waals surface area contributed by atoms with Gasteiger partial charge in [0.1, 0.15) is 16.4 Å². The van der Waals surface area contributed by atoms with E-state index in [0.29, 0.717) is 28.1 Å². The number of sulfonamides is 1. The molecule has 0 unspecified atom stereocenters. The molecule has 1 fully saturated rings. The van der Waals surface area contributed by atoms with Gasteiger partial charge in [0.25, 0.3) is 15.7 Å². The van der Waals surface area contributed by atoms with Gasteiger partial charge in [0.05, 0.1) is 15.3 Å². The summed E-state index contributed by atoms with van der Waals surface area (Å²) in [6.07, 6.45) is 3.76. The molecule has 0 radical (unpaired) electrons. The lowest BCUT2D eigenvalue weighted by atomic mass is 9.99. The number of anilines is 3. The zero-order chi connectivity index (χ0) is 39.9. The van der Waals surface area contributed by atoms with E-state index in [1.54, 1.807) is 18.0 Å². The van der Waals surface area contributed by atoms with Crippen LogP contribution in [0.4, 0.5) is 22.9 Å². The summed E-state index contributed by atoms with van der Waals surface area (Å²) in [6.45, 7) is 4.93. The Morgan fingerprint density at radius 2 is 1.77 bits per heavy atom. The maximum atomic E-state index is 13.7. The number of nitro groups is 1. The van der Waals surface area contributed by atoms with Gasteiger partial charge in [-0.2, -0.15) is 0 Å². The van der Waals surface area contributed by atoms with E-state index < -0.39 is 14.9 Å². The maximum absolute atomic E-state index is 13.7. The third-order valence-corrected chi connectivity index (χ3v) is 13.5. The summed E-state index contributed by atoms with van der Waals surface area (Å²) in [7, 11) is -0.332. The van der Waals surface area contributed by atoms with Crippen LogP contribution in [0.1, 0.15) is 12.0 Å². The van der Waals surface area contributed by atoms with Crippen molar-refractivity contribution in [2.24, 2.45) is 0 Å². The van der Waals surface area contributed by atoms with Crippen LogP contribution in [0.2, 0.25) is 5.02 Å². The minimum atomic E-state index is -4.26. The first kappa shape index (κ1) is 40.4. The Bertz CT molecular complexity index is 2430. The smallest absolute Gasteiger partial charge is 0.293 e. The number of thioether (sulfide) groups is 1. The molecule has 296 valence electrons. The Balaban J connectivity index is 1.02. The molecule has 1 atom stereocenters.